The molecule has 2 unspecified atom stereocenters. The second-order valence-electron chi connectivity index (χ2n) is 20.1. The molecule has 3 saturated heterocycles. The summed E-state index contributed by atoms with van der Waals surface area (Å²) in [6.07, 6.45) is 1.62. The molecule has 3 aromatic carbocycles. The molecule has 0 aliphatic carbocycles. The summed E-state index contributed by atoms with van der Waals surface area (Å²) in [7, 11) is -5.21. The van der Waals surface area contributed by atoms with Crippen molar-refractivity contribution in [1.29, 1.82) is 0 Å². The summed E-state index contributed by atoms with van der Waals surface area (Å²) in [5.74, 6) is -5.18. The Morgan fingerprint density at radius 1 is 0.896 bits per heavy atom. The Hall–Kier alpha value is -7.75. The minimum Gasteiger partial charge on any atom is -0.481 e. The molecule has 7 N–H and O–H groups in total. The van der Waals surface area contributed by atoms with E-state index in [9.17, 15) is 62.5 Å². The Morgan fingerprint density at radius 2 is 1.64 bits per heavy atom. The minimum absolute atomic E-state index is 0.0134. The molecular formula is C53H62N9O14P. The number of carbonyl (C=O) groups excluding carboxylic acids is 8. The number of aromatic amines is 1. The zero-order valence-corrected chi connectivity index (χ0v) is 43.9. The second-order valence-corrected chi connectivity index (χ2v) is 21.8. The molecule has 0 spiro atoms. The summed E-state index contributed by atoms with van der Waals surface area (Å²) >= 11 is 0. The van der Waals surface area contributed by atoms with Gasteiger partial charge in [-0.1, -0.05) is 57.5 Å². The van der Waals surface area contributed by atoms with Crippen molar-refractivity contribution in [3.05, 3.63) is 105 Å². The summed E-state index contributed by atoms with van der Waals surface area (Å²) < 4.78 is 21.3. The lowest BCUT2D eigenvalue weighted by Gasteiger charge is -2.38. The van der Waals surface area contributed by atoms with Crippen molar-refractivity contribution >= 4 is 82.4 Å². The maximum absolute atomic E-state index is 14.6. The molecular weight excluding hydrogens is 1020 g/mol. The van der Waals surface area contributed by atoms with Crippen LogP contribution in [-0.2, 0) is 62.3 Å². The molecule has 0 radical (unpaired) electrons. The average Bonchev–Trinajstić information content (AvgIpc) is 4.21. The van der Waals surface area contributed by atoms with Crippen LogP contribution in [0.4, 0.5) is 0 Å². The number of benzene rings is 3. The topological polar surface area (TPSA) is 318 Å². The molecule has 24 heteroatoms. The number of hydrogen-bond acceptors (Lipinski definition) is 12. The van der Waals surface area contributed by atoms with E-state index < -0.39 is 104 Å². The molecule has 408 valence electrons. The highest BCUT2D eigenvalue weighted by molar-refractivity contribution is 7.71. The number of amides is 7. The van der Waals surface area contributed by atoms with E-state index in [4.69, 9.17) is 4.52 Å². The van der Waals surface area contributed by atoms with Crippen LogP contribution >= 0.6 is 7.60 Å². The van der Waals surface area contributed by atoms with Crippen LogP contribution in [0, 0.1) is 0 Å². The van der Waals surface area contributed by atoms with Gasteiger partial charge in [0.1, 0.15) is 36.6 Å². The monoisotopic (exact) mass is 1080 g/mol. The van der Waals surface area contributed by atoms with Gasteiger partial charge in [0, 0.05) is 61.9 Å². The molecule has 0 saturated carbocycles. The molecule has 3 fully saturated rings. The summed E-state index contributed by atoms with van der Waals surface area (Å²) in [6.45, 7) is 6.60. The number of fused-ring (bicyclic) bond motifs is 3. The summed E-state index contributed by atoms with van der Waals surface area (Å²) in [5.41, 5.74) is 1.16. The standard InChI is InChI=1S/C53H62N9O14P/c1-5-6-31-9-16-41-44(23-31)60(53(73)62(41)43-18-19-45(64)58-50(43)70)28-76-77(74,75)52(72)34-12-14-37-35(24-34)25-39(55-37)48(68)57-40-27-59(30(4)63)22-21-36-13-17-42(61(36)51(40)71)49(69)56-38(15-20-46(65)66)47(67)54-26-32-7-10-33(11-8-32)29(2)3/h7-12,14,16,23-25,29,36,38,40,42-43,55H,5-6,13,15,17-22,26-28H2,1-4H3,(H,54,67)(H,56,69)(H,57,68)(H,65,66)(H,74,75)(H,58,64,70)/t36-,38+,40+,42+,43?/m1/s1. The Bertz CT molecular complexity index is 3290. The van der Waals surface area contributed by atoms with E-state index in [0.717, 1.165) is 27.7 Å². The number of rotatable bonds is 19. The van der Waals surface area contributed by atoms with Gasteiger partial charge in [0.2, 0.25) is 35.4 Å². The highest BCUT2D eigenvalue weighted by Crippen LogP contribution is 2.46. The van der Waals surface area contributed by atoms with Crippen molar-refractivity contribution in [2.24, 2.45) is 0 Å². The molecule has 0 bridgehead atoms. The molecule has 8 rings (SSSR count). The Balaban J connectivity index is 0.968. The van der Waals surface area contributed by atoms with Gasteiger partial charge in [-0.15, -0.1) is 0 Å². The predicted molar refractivity (Wildman–Crippen MR) is 278 cm³/mol. The third-order valence-electron chi connectivity index (χ3n) is 14.5. The lowest BCUT2D eigenvalue weighted by molar-refractivity contribution is -0.145. The predicted octanol–water partition coefficient (Wildman–Crippen LogP) is 3.71. The van der Waals surface area contributed by atoms with Gasteiger partial charge in [0.25, 0.3) is 11.4 Å². The van der Waals surface area contributed by atoms with Crippen LogP contribution in [0.3, 0.4) is 0 Å². The number of nitrogens with zero attached hydrogens (tertiary/aromatic N) is 4. The molecule has 5 aromatic rings. The maximum Gasteiger partial charge on any atom is 0.400 e. The highest BCUT2D eigenvalue weighted by Gasteiger charge is 2.46. The van der Waals surface area contributed by atoms with Gasteiger partial charge >= 0.3 is 19.3 Å². The normalized spacial score (nSPS) is 20.0. The van der Waals surface area contributed by atoms with E-state index in [2.05, 4.69) is 40.1 Å². The van der Waals surface area contributed by atoms with Crippen molar-refractivity contribution in [1.82, 2.24) is 45.2 Å². The number of carboxylic acid groups (broad SMARTS) is 1. The zero-order chi connectivity index (χ0) is 55.5. The smallest absolute Gasteiger partial charge is 0.400 e. The molecule has 6 atom stereocenters. The Morgan fingerprint density at radius 3 is 2.32 bits per heavy atom. The van der Waals surface area contributed by atoms with Crippen molar-refractivity contribution in [3.8, 4) is 0 Å². The van der Waals surface area contributed by atoms with Gasteiger partial charge < -0.3 is 40.7 Å². The molecule has 3 aliphatic rings. The number of aliphatic carboxylic acids is 1. The molecule has 7 amide bonds. The van der Waals surface area contributed by atoms with Gasteiger partial charge in [-0.3, -0.25) is 66.7 Å². The fourth-order valence-corrected chi connectivity index (χ4v) is 11.1. The quantitative estimate of drug-likeness (QED) is 0.0458. The fourth-order valence-electron chi connectivity index (χ4n) is 10.3. The van der Waals surface area contributed by atoms with E-state index >= 15 is 0 Å². The average molecular weight is 1080 g/mol. The molecule has 2 aromatic heterocycles. The first-order valence-corrected chi connectivity index (χ1v) is 27.2. The summed E-state index contributed by atoms with van der Waals surface area (Å²) in [6, 6.07) is 12.6. The number of piperidine rings is 1. The molecule has 77 heavy (non-hydrogen) atoms. The maximum atomic E-state index is 14.6. The van der Waals surface area contributed by atoms with Gasteiger partial charge in [0.15, 0.2) is 0 Å². The number of aryl methyl sites for hydroxylation is 1. The van der Waals surface area contributed by atoms with E-state index in [0.29, 0.717) is 36.2 Å². The van der Waals surface area contributed by atoms with Crippen molar-refractivity contribution < 1.29 is 62.2 Å². The minimum atomic E-state index is -5.21. The number of imide groups is 1. The van der Waals surface area contributed by atoms with Crippen LogP contribution in [0.2, 0.25) is 0 Å². The van der Waals surface area contributed by atoms with Crippen LogP contribution in [-0.4, -0.2) is 124 Å². The van der Waals surface area contributed by atoms with Crippen LogP contribution < -0.4 is 27.0 Å². The van der Waals surface area contributed by atoms with E-state index in [-0.39, 0.29) is 73.4 Å². The van der Waals surface area contributed by atoms with Gasteiger partial charge in [-0.25, -0.2) is 4.79 Å². The van der Waals surface area contributed by atoms with Crippen molar-refractivity contribution in [3.63, 3.8) is 0 Å². The van der Waals surface area contributed by atoms with E-state index in [1.54, 1.807) is 18.2 Å². The third-order valence-corrected chi connectivity index (χ3v) is 15.7. The van der Waals surface area contributed by atoms with Crippen LogP contribution in [0.1, 0.15) is 129 Å². The number of hydrogen-bond donors (Lipinski definition) is 7. The number of aromatic nitrogens is 3. The third kappa shape index (κ3) is 12.3. The first-order valence-electron chi connectivity index (χ1n) is 25.6. The number of imidazole rings is 1. The van der Waals surface area contributed by atoms with Gasteiger partial charge in [-0.05, 0) is 97.5 Å². The number of H-pyrrole nitrogens is 1. The summed E-state index contributed by atoms with van der Waals surface area (Å²) in [4.78, 5) is 150. The lowest BCUT2D eigenvalue weighted by Crippen LogP contribution is -2.61. The Labute approximate surface area is 441 Å². The van der Waals surface area contributed by atoms with Crippen molar-refractivity contribution in [2.75, 3.05) is 13.1 Å². The Kier molecular flexibility index (Phi) is 16.7. The zero-order valence-electron chi connectivity index (χ0n) is 43.0. The van der Waals surface area contributed by atoms with Crippen LogP contribution in [0.15, 0.2) is 71.5 Å². The van der Waals surface area contributed by atoms with Gasteiger partial charge in [-0.2, -0.15) is 0 Å². The lowest BCUT2D eigenvalue weighted by atomic mass is 10.0. The molecule has 23 nitrogen and oxygen atoms in total. The fraction of sp³-hybridized carbons (Fsp3) is 0.434. The van der Waals surface area contributed by atoms with E-state index in [1.807, 2.05) is 31.2 Å². The highest BCUT2D eigenvalue weighted by atomic mass is 31.2. The van der Waals surface area contributed by atoms with Gasteiger partial charge in [0.05, 0.1) is 11.0 Å². The first-order chi connectivity index (χ1) is 36.6. The van der Waals surface area contributed by atoms with Crippen molar-refractivity contribution in [2.45, 2.75) is 135 Å². The van der Waals surface area contributed by atoms with Crippen LogP contribution in [0.5, 0.6) is 0 Å². The molecule has 3 aliphatic heterocycles. The van der Waals surface area contributed by atoms with Crippen LogP contribution in [0.25, 0.3) is 21.9 Å². The second kappa shape index (κ2) is 23.2. The largest absolute Gasteiger partial charge is 0.481 e. The summed E-state index contributed by atoms with van der Waals surface area (Å²) in [5, 5.41) is 20.1. The number of carboxylic acids is 1. The number of carbonyl (C=O) groups is 9. The molecule has 5 heterocycles. The van der Waals surface area contributed by atoms with E-state index in [1.165, 1.54) is 45.6 Å². The number of nitrogens with one attached hydrogen (secondary N) is 5. The first kappa shape index (κ1) is 55.5. The SMILES string of the molecule is CCCc1ccc2c(c1)n(COP(=O)(O)C(=O)c1ccc3[nH]c(C(=O)N[C@H]4CN(C(C)=O)CC[C@H]5CC[C@@H](C(=O)N[C@@H](CCC(=O)O)C(=O)NCc6ccc(C(C)C)cc6)N5C4=O)cc3c1)c(=O)n2C1CCC(=O)NC1=O.